The van der Waals surface area contributed by atoms with Crippen LogP contribution in [0.5, 0.6) is 5.75 Å². The van der Waals surface area contributed by atoms with Crippen LogP contribution >= 0.6 is 27.5 Å². The van der Waals surface area contributed by atoms with Crippen LogP contribution in [0.3, 0.4) is 0 Å². The first-order valence-electron chi connectivity index (χ1n) is 6.38. The van der Waals surface area contributed by atoms with E-state index in [0.717, 1.165) is 15.6 Å². The maximum absolute atomic E-state index is 6.11. The summed E-state index contributed by atoms with van der Waals surface area (Å²) in [6, 6.07) is 13.1. The molecule has 0 aliphatic rings. The summed E-state index contributed by atoms with van der Waals surface area (Å²) in [6.45, 7) is 0.380. The Morgan fingerprint density at radius 2 is 2.00 bits per heavy atom. The van der Waals surface area contributed by atoms with Gasteiger partial charge in [-0.1, -0.05) is 34.9 Å². The van der Waals surface area contributed by atoms with Gasteiger partial charge < -0.3 is 14.9 Å². The average Bonchev–Trinajstić information content (AvgIpc) is 2.94. The first kappa shape index (κ1) is 14.9. The van der Waals surface area contributed by atoms with E-state index in [2.05, 4.69) is 26.1 Å². The lowest BCUT2D eigenvalue weighted by molar-refractivity contribution is 0.304. The molecule has 7 heteroatoms. The number of nitrogen functional groups attached to an aromatic ring is 1. The molecule has 0 unspecified atom stereocenters. The van der Waals surface area contributed by atoms with Crippen LogP contribution in [0, 0.1) is 0 Å². The molecule has 1 heterocycles. The highest BCUT2D eigenvalue weighted by Gasteiger charge is 2.10. The summed E-state index contributed by atoms with van der Waals surface area (Å²) in [4.78, 5) is 0. The Hall–Kier alpha value is -2.05. The molecule has 1 aromatic heterocycles. The maximum atomic E-state index is 6.11. The fraction of sp³-hybridized carbons (Fsp3) is 0.0667. The third-order valence-electron chi connectivity index (χ3n) is 2.96. The quantitative estimate of drug-likeness (QED) is 0.730. The predicted molar refractivity (Wildman–Crippen MR) is 87.6 cm³/mol. The topological polar surface area (TPSA) is 74.2 Å². The van der Waals surface area contributed by atoms with Crippen molar-refractivity contribution in [1.29, 1.82) is 0 Å². The van der Waals surface area contributed by atoms with Gasteiger partial charge in [0.05, 0.1) is 4.47 Å². The lowest BCUT2D eigenvalue weighted by atomic mass is 10.2. The zero-order valence-corrected chi connectivity index (χ0v) is 13.6. The predicted octanol–water partition coefficient (Wildman–Crippen LogP) is 4.31. The third kappa shape index (κ3) is 3.23. The molecule has 0 saturated carbocycles. The molecule has 2 aromatic carbocycles. The standard InChI is InChI=1S/C15H11BrClN3O2/c16-11-7-9(14-19-20-15(18)22-14)5-6-13(11)21-8-10-3-1-2-4-12(10)17/h1-7H,8H2,(H2,18,20). The Bertz CT molecular complexity index is 807. The highest BCUT2D eigenvalue weighted by atomic mass is 79.9. The largest absolute Gasteiger partial charge is 0.488 e. The summed E-state index contributed by atoms with van der Waals surface area (Å²) in [6.07, 6.45) is 0. The van der Waals surface area contributed by atoms with Crippen molar-refractivity contribution in [2.75, 3.05) is 5.73 Å². The van der Waals surface area contributed by atoms with Crippen LogP contribution in [0.4, 0.5) is 6.01 Å². The molecule has 0 spiro atoms. The average molecular weight is 381 g/mol. The monoisotopic (exact) mass is 379 g/mol. The van der Waals surface area contributed by atoms with Gasteiger partial charge in [-0.3, -0.25) is 0 Å². The molecule has 0 aliphatic carbocycles. The second-order valence-corrected chi connectivity index (χ2v) is 5.73. The number of benzene rings is 2. The Morgan fingerprint density at radius 3 is 2.68 bits per heavy atom. The molecular weight excluding hydrogens is 370 g/mol. The van der Waals surface area contributed by atoms with Crippen molar-refractivity contribution >= 4 is 33.5 Å². The molecule has 0 aliphatic heterocycles. The minimum Gasteiger partial charge on any atom is -0.488 e. The van der Waals surface area contributed by atoms with Crippen molar-refractivity contribution < 1.29 is 9.15 Å². The van der Waals surface area contributed by atoms with Crippen molar-refractivity contribution in [3.05, 3.63) is 57.5 Å². The van der Waals surface area contributed by atoms with Gasteiger partial charge in [-0.2, -0.15) is 0 Å². The highest BCUT2D eigenvalue weighted by Crippen LogP contribution is 2.31. The van der Waals surface area contributed by atoms with Crippen molar-refractivity contribution in [3.8, 4) is 17.2 Å². The minimum atomic E-state index is 0.0326. The normalized spacial score (nSPS) is 10.6. The van der Waals surface area contributed by atoms with E-state index < -0.39 is 0 Å². The SMILES string of the molecule is Nc1nnc(-c2ccc(OCc3ccccc3Cl)c(Br)c2)o1. The van der Waals surface area contributed by atoms with Crippen LogP contribution in [0.25, 0.3) is 11.5 Å². The lowest BCUT2D eigenvalue weighted by Crippen LogP contribution is -1.97. The second-order valence-electron chi connectivity index (χ2n) is 4.47. The number of nitrogens with two attached hydrogens (primary N) is 1. The van der Waals surface area contributed by atoms with E-state index in [1.165, 1.54) is 0 Å². The van der Waals surface area contributed by atoms with Crippen molar-refractivity contribution in [3.63, 3.8) is 0 Å². The van der Waals surface area contributed by atoms with Crippen LogP contribution in [0.2, 0.25) is 5.02 Å². The Morgan fingerprint density at radius 1 is 1.18 bits per heavy atom. The number of hydrogen-bond acceptors (Lipinski definition) is 5. The van der Waals surface area contributed by atoms with Gasteiger partial charge in [0.2, 0.25) is 5.89 Å². The fourth-order valence-electron chi connectivity index (χ4n) is 1.87. The molecule has 0 atom stereocenters. The lowest BCUT2D eigenvalue weighted by Gasteiger charge is -2.10. The van der Waals surface area contributed by atoms with Gasteiger partial charge in [0.1, 0.15) is 12.4 Å². The van der Waals surface area contributed by atoms with Crippen molar-refractivity contribution in [1.82, 2.24) is 10.2 Å². The van der Waals surface area contributed by atoms with Gasteiger partial charge in [-0.25, -0.2) is 0 Å². The molecule has 112 valence electrons. The molecule has 0 fully saturated rings. The molecule has 0 amide bonds. The van der Waals surface area contributed by atoms with Crippen LogP contribution in [0.1, 0.15) is 5.56 Å². The minimum absolute atomic E-state index is 0.0326. The Balaban J connectivity index is 1.77. The van der Waals surface area contributed by atoms with E-state index in [1.807, 2.05) is 42.5 Å². The number of anilines is 1. The Labute approximate surface area is 140 Å². The van der Waals surface area contributed by atoms with Crippen LogP contribution < -0.4 is 10.5 Å². The Kier molecular flexibility index (Phi) is 4.31. The van der Waals surface area contributed by atoms with E-state index in [-0.39, 0.29) is 6.01 Å². The van der Waals surface area contributed by atoms with E-state index in [0.29, 0.717) is 23.3 Å². The van der Waals surface area contributed by atoms with Gasteiger partial charge in [0.25, 0.3) is 0 Å². The van der Waals surface area contributed by atoms with Gasteiger partial charge in [0.15, 0.2) is 0 Å². The summed E-state index contributed by atoms with van der Waals surface area (Å²) in [5, 5.41) is 8.15. The van der Waals surface area contributed by atoms with E-state index in [9.17, 15) is 0 Å². The van der Waals surface area contributed by atoms with E-state index in [4.69, 9.17) is 26.5 Å². The van der Waals surface area contributed by atoms with Crippen molar-refractivity contribution in [2.24, 2.45) is 0 Å². The molecule has 3 rings (SSSR count). The van der Waals surface area contributed by atoms with Gasteiger partial charge in [0, 0.05) is 16.1 Å². The maximum Gasteiger partial charge on any atom is 0.313 e. The molecule has 0 saturated heterocycles. The smallest absolute Gasteiger partial charge is 0.313 e. The summed E-state index contributed by atoms with van der Waals surface area (Å²) < 4.78 is 11.7. The second kappa shape index (κ2) is 6.37. The number of halogens is 2. The zero-order chi connectivity index (χ0) is 15.5. The number of hydrogen-bond donors (Lipinski definition) is 1. The number of rotatable bonds is 4. The number of nitrogens with zero attached hydrogens (tertiary/aromatic N) is 2. The zero-order valence-electron chi connectivity index (χ0n) is 11.3. The van der Waals surface area contributed by atoms with Gasteiger partial charge in [-0.05, 0) is 40.2 Å². The highest BCUT2D eigenvalue weighted by molar-refractivity contribution is 9.10. The molecule has 5 nitrogen and oxygen atoms in total. The summed E-state index contributed by atoms with van der Waals surface area (Å²) >= 11 is 9.57. The third-order valence-corrected chi connectivity index (χ3v) is 3.95. The number of aromatic nitrogens is 2. The molecular formula is C15H11BrClN3O2. The number of ether oxygens (including phenoxy) is 1. The summed E-state index contributed by atoms with van der Waals surface area (Å²) in [5.74, 6) is 1.05. The molecule has 22 heavy (non-hydrogen) atoms. The van der Waals surface area contributed by atoms with E-state index >= 15 is 0 Å². The summed E-state index contributed by atoms with van der Waals surface area (Å²) in [7, 11) is 0. The first-order valence-corrected chi connectivity index (χ1v) is 7.55. The molecule has 2 N–H and O–H groups in total. The van der Waals surface area contributed by atoms with Gasteiger partial charge in [-0.15, -0.1) is 5.10 Å². The van der Waals surface area contributed by atoms with E-state index in [1.54, 1.807) is 0 Å². The van der Waals surface area contributed by atoms with Crippen LogP contribution in [-0.2, 0) is 6.61 Å². The van der Waals surface area contributed by atoms with Crippen LogP contribution in [-0.4, -0.2) is 10.2 Å². The first-order chi connectivity index (χ1) is 10.6. The molecule has 0 bridgehead atoms. The van der Waals surface area contributed by atoms with Crippen LogP contribution in [0.15, 0.2) is 51.4 Å². The summed E-state index contributed by atoms with van der Waals surface area (Å²) in [5.41, 5.74) is 7.09. The van der Waals surface area contributed by atoms with Gasteiger partial charge >= 0.3 is 6.01 Å². The van der Waals surface area contributed by atoms with Crippen molar-refractivity contribution in [2.45, 2.75) is 6.61 Å². The molecule has 0 radical (unpaired) electrons. The fourth-order valence-corrected chi connectivity index (χ4v) is 2.56. The molecule has 3 aromatic rings.